The van der Waals surface area contributed by atoms with Crippen molar-refractivity contribution >= 4 is 34.7 Å². The maximum absolute atomic E-state index is 8.74. The highest BCUT2D eigenvalue weighted by molar-refractivity contribution is 7.99. The zero-order chi connectivity index (χ0) is 13.2. The lowest BCUT2D eigenvalue weighted by Crippen LogP contribution is -2.49. The normalized spacial score (nSPS) is 18.5. The van der Waals surface area contributed by atoms with Gasteiger partial charge >= 0.3 is 10.4 Å². The van der Waals surface area contributed by atoms with Crippen molar-refractivity contribution in [2.45, 2.75) is 6.92 Å². The Morgan fingerprint density at radius 1 is 1.25 bits per heavy atom. The standard InChI is InChI=1S/C7H16NS.H2O4S.OS/c1-3-8(2)4-6-9-7-5-8;1-5(2,3)4;1-2/h3-7H2,1-2H3;(H2,1,2,3,4);/q+1;;. The molecule has 0 aromatic rings. The Kier molecular flexibility index (Phi) is 10.7. The molecule has 0 aromatic carbocycles. The van der Waals surface area contributed by atoms with Gasteiger partial charge in [-0.05, 0) is 6.92 Å². The van der Waals surface area contributed by atoms with Crippen molar-refractivity contribution < 1.29 is 26.2 Å². The van der Waals surface area contributed by atoms with Crippen LogP contribution in [-0.2, 0) is 22.9 Å². The van der Waals surface area contributed by atoms with E-state index >= 15 is 0 Å². The minimum Gasteiger partial charge on any atom is -0.325 e. The van der Waals surface area contributed by atoms with Gasteiger partial charge in [0, 0.05) is 11.5 Å². The Hall–Kier alpha value is 0.200. The van der Waals surface area contributed by atoms with Crippen LogP contribution in [0.3, 0.4) is 0 Å². The summed E-state index contributed by atoms with van der Waals surface area (Å²) >= 11 is 4.93. The summed E-state index contributed by atoms with van der Waals surface area (Å²) in [6.07, 6.45) is 0. The maximum Gasteiger partial charge on any atom is 0.394 e. The van der Waals surface area contributed by atoms with Gasteiger partial charge in [0.25, 0.3) is 0 Å². The summed E-state index contributed by atoms with van der Waals surface area (Å²) in [7, 11) is -2.31. The zero-order valence-corrected chi connectivity index (χ0v) is 11.8. The largest absolute Gasteiger partial charge is 0.394 e. The van der Waals surface area contributed by atoms with Crippen LogP contribution in [0.4, 0.5) is 0 Å². The Morgan fingerprint density at radius 3 is 1.75 bits per heavy atom. The number of nitrogens with zero attached hydrogens (tertiary/aromatic N) is 1. The first-order valence-electron chi connectivity index (χ1n) is 4.55. The third-order valence-corrected chi connectivity index (χ3v) is 3.26. The van der Waals surface area contributed by atoms with Gasteiger partial charge in [0.15, 0.2) is 12.5 Å². The monoisotopic (exact) mass is 292 g/mol. The quantitative estimate of drug-likeness (QED) is 0.527. The fraction of sp³-hybridized carbons (Fsp3) is 1.00. The predicted molar refractivity (Wildman–Crippen MR) is 66.1 cm³/mol. The predicted octanol–water partition coefficient (Wildman–Crippen LogP) is 0.211. The summed E-state index contributed by atoms with van der Waals surface area (Å²) in [5.41, 5.74) is 0. The smallest absolute Gasteiger partial charge is 0.325 e. The van der Waals surface area contributed by atoms with Gasteiger partial charge in [-0.25, -0.2) is 0 Å². The summed E-state index contributed by atoms with van der Waals surface area (Å²) in [5.74, 6) is 2.73. The third-order valence-electron chi connectivity index (χ3n) is 2.31. The van der Waals surface area contributed by atoms with Crippen LogP contribution in [0.15, 0.2) is 0 Å². The average molecular weight is 292 g/mol. The Morgan fingerprint density at radius 2 is 1.56 bits per heavy atom. The van der Waals surface area contributed by atoms with Gasteiger partial charge in [-0.2, -0.15) is 24.4 Å². The molecule has 16 heavy (non-hydrogen) atoms. The molecule has 0 amide bonds. The Labute approximate surface area is 106 Å². The number of thioether (sulfide) groups is 1. The highest BCUT2D eigenvalue weighted by atomic mass is 32.3. The first-order chi connectivity index (χ1) is 7.27. The molecule has 98 valence electrons. The minimum atomic E-state index is -4.67. The minimum absolute atomic E-state index is 1.30. The third kappa shape index (κ3) is 14.2. The van der Waals surface area contributed by atoms with Crippen LogP contribution in [0.25, 0.3) is 0 Å². The van der Waals surface area contributed by atoms with Crippen LogP contribution < -0.4 is 0 Å². The zero-order valence-electron chi connectivity index (χ0n) is 9.33. The molecule has 1 rings (SSSR count). The van der Waals surface area contributed by atoms with Gasteiger partial charge in [-0.15, -0.1) is 0 Å². The molecule has 0 aliphatic carbocycles. The van der Waals surface area contributed by atoms with E-state index in [4.69, 9.17) is 21.7 Å². The molecule has 0 spiro atoms. The first kappa shape index (κ1) is 18.6. The van der Waals surface area contributed by atoms with Crippen molar-refractivity contribution in [3.63, 3.8) is 0 Å². The lowest BCUT2D eigenvalue weighted by molar-refractivity contribution is -0.904. The molecule has 1 fully saturated rings. The summed E-state index contributed by atoms with van der Waals surface area (Å²) < 4.78 is 40.7. The van der Waals surface area contributed by atoms with E-state index in [0.717, 1.165) is 0 Å². The number of rotatable bonds is 1. The van der Waals surface area contributed by atoms with Crippen molar-refractivity contribution in [2.24, 2.45) is 0 Å². The van der Waals surface area contributed by atoms with Gasteiger partial charge in [-0.3, -0.25) is 9.11 Å². The number of hydrogen-bond donors (Lipinski definition) is 2. The summed E-state index contributed by atoms with van der Waals surface area (Å²) in [4.78, 5) is 0. The van der Waals surface area contributed by atoms with Gasteiger partial charge in [0.1, 0.15) is 0 Å². The second-order valence-electron chi connectivity index (χ2n) is 3.44. The van der Waals surface area contributed by atoms with Crippen molar-refractivity contribution in [1.82, 2.24) is 0 Å². The van der Waals surface area contributed by atoms with Crippen LogP contribution >= 0.6 is 11.8 Å². The molecule has 0 bridgehead atoms. The number of hydrogen-bond acceptors (Lipinski definition) is 5. The Balaban J connectivity index is 0. The summed E-state index contributed by atoms with van der Waals surface area (Å²) in [6.45, 7) is 6.35. The maximum atomic E-state index is 8.74. The Bertz CT molecular complexity index is 255. The molecule has 9 heteroatoms. The molecule has 1 saturated heterocycles. The topological polar surface area (TPSA) is 91.7 Å². The van der Waals surface area contributed by atoms with Crippen LogP contribution in [-0.4, -0.2) is 64.4 Å². The molecule has 1 heterocycles. The molecule has 0 atom stereocenters. The van der Waals surface area contributed by atoms with Gasteiger partial charge in [0.05, 0.1) is 26.7 Å². The molecular formula is C7H18NO5S3+. The molecule has 0 aromatic heterocycles. The molecule has 1 aliphatic heterocycles. The van der Waals surface area contributed by atoms with Gasteiger partial charge < -0.3 is 4.48 Å². The van der Waals surface area contributed by atoms with E-state index in [9.17, 15) is 0 Å². The van der Waals surface area contributed by atoms with Crippen LogP contribution in [0.1, 0.15) is 6.92 Å². The van der Waals surface area contributed by atoms with E-state index in [1.807, 2.05) is 0 Å². The highest BCUT2D eigenvalue weighted by Gasteiger charge is 2.21. The molecule has 6 nitrogen and oxygen atoms in total. The second kappa shape index (κ2) is 9.25. The van der Waals surface area contributed by atoms with E-state index in [1.165, 1.54) is 35.6 Å². The summed E-state index contributed by atoms with van der Waals surface area (Å²) in [5, 5.41) is 0. The van der Waals surface area contributed by atoms with E-state index < -0.39 is 10.4 Å². The lowest BCUT2D eigenvalue weighted by atomic mass is 10.4. The van der Waals surface area contributed by atoms with Crippen LogP contribution in [0, 0.1) is 0 Å². The van der Waals surface area contributed by atoms with E-state index in [0.29, 0.717) is 0 Å². The van der Waals surface area contributed by atoms with E-state index in [1.54, 1.807) is 0 Å². The molecule has 0 radical (unpaired) electrons. The first-order valence-corrected chi connectivity index (χ1v) is 7.43. The molecule has 1 aliphatic rings. The lowest BCUT2D eigenvalue weighted by Gasteiger charge is -2.36. The van der Waals surface area contributed by atoms with Crippen molar-refractivity contribution in [3.05, 3.63) is 0 Å². The molecular weight excluding hydrogens is 274 g/mol. The number of quaternary nitrogens is 1. The molecule has 0 saturated carbocycles. The van der Waals surface area contributed by atoms with Gasteiger partial charge in [0.2, 0.25) is 0 Å². The van der Waals surface area contributed by atoms with Crippen LogP contribution in [0.5, 0.6) is 0 Å². The van der Waals surface area contributed by atoms with Crippen molar-refractivity contribution in [1.29, 1.82) is 0 Å². The molecule has 2 N–H and O–H groups in total. The van der Waals surface area contributed by atoms with Gasteiger partial charge in [-0.1, -0.05) is 0 Å². The van der Waals surface area contributed by atoms with E-state index in [-0.39, 0.29) is 0 Å². The average Bonchev–Trinajstić information content (AvgIpc) is 2.20. The summed E-state index contributed by atoms with van der Waals surface area (Å²) in [6, 6.07) is 0. The van der Waals surface area contributed by atoms with E-state index in [2.05, 4.69) is 38.3 Å². The van der Waals surface area contributed by atoms with Crippen molar-refractivity contribution in [2.75, 3.05) is 38.2 Å². The van der Waals surface area contributed by atoms with Crippen LogP contribution in [0.2, 0.25) is 0 Å². The highest BCUT2D eigenvalue weighted by Crippen LogP contribution is 2.14. The van der Waals surface area contributed by atoms with Crippen molar-refractivity contribution in [3.8, 4) is 0 Å². The fourth-order valence-corrected chi connectivity index (χ4v) is 2.44. The SMILES string of the molecule is CC[N+]1(C)CCSCC1.O=S.O=S(=O)(O)O. The fourth-order valence-electron chi connectivity index (χ4n) is 1.10. The molecule has 0 unspecified atom stereocenters. The second-order valence-corrected chi connectivity index (χ2v) is 5.56.